The molecule has 0 unspecified atom stereocenters. The summed E-state index contributed by atoms with van der Waals surface area (Å²) in [5.74, 6) is 0.447. The summed E-state index contributed by atoms with van der Waals surface area (Å²) in [5.41, 5.74) is 0. The maximum absolute atomic E-state index is 9.13. The zero-order valence-corrected chi connectivity index (χ0v) is 8.86. The lowest BCUT2D eigenvalue weighted by Crippen LogP contribution is -2.06. The van der Waals surface area contributed by atoms with E-state index >= 15 is 0 Å². The molecule has 0 atom stereocenters. The van der Waals surface area contributed by atoms with Crippen LogP contribution in [0, 0.1) is 0 Å². The molecule has 0 aliphatic heterocycles. The van der Waals surface area contributed by atoms with E-state index in [1.807, 2.05) is 13.8 Å². The van der Waals surface area contributed by atoms with Crippen LogP contribution in [-0.2, 0) is 0 Å². The Morgan fingerprint density at radius 3 is 2.08 bits per heavy atom. The molecule has 0 spiro atoms. The van der Waals surface area contributed by atoms with Crippen LogP contribution >= 0.6 is 23.2 Å². The van der Waals surface area contributed by atoms with Crippen molar-refractivity contribution in [2.75, 3.05) is 0 Å². The van der Waals surface area contributed by atoms with Crippen LogP contribution in [0.15, 0.2) is 12.1 Å². The van der Waals surface area contributed by atoms with Gasteiger partial charge in [-0.3, -0.25) is 0 Å². The normalized spacial score (nSPS) is 10.5. The Kier molecular flexibility index (Phi) is 3.28. The minimum atomic E-state index is -0.000423. The molecule has 0 fully saturated rings. The summed E-state index contributed by atoms with van der Waals surface area (Å²) < 4.78 is 5.36. The number of phenols is 1. The first kappa shape index (κ1) is 10.5. The molecule has 1 N–H and O–H groups in total. The van der Waals surface area contributed by atoms with Gasteiger partial charge >= 0.3 is 0 Å². The summed E-state index contributed by atoms with van der Waals surface area (Å²) in [5, 5.41) is 9.76. The van der Waals surface area contributed by atoms with Gasteiger partial charge < -0.3 is 9.84 Å². The van der Waals surface area contributed by atoms with E-state index in [1.165, 1.54) is 12.1 Å². The lowest BCUT2D eigenvalue weighted by molar-refractivity contribution is 0.242. The van der Waals surface area contributed by atoms with Gasteiger partial charge in [0.25, 0.3) is 0 Å². The fourth-order valence-corrected chi connectivity index (χ4v) is 1.46. The second-order valence-electron chi connectivity index (χ2n) is 2.91. The minimum absolute atomic E-state index is 0.000423. The van der Waals surface area contributed by atoms with Crippen LogP contribution < -0.4 is 4.74 Å². The molecule has 0 bridgehead atoms. The molecule has 0 saturated heterocycles. The molecule has 1 aromatic carbocycles. The fraction of sp³-hybridized carbons (Fsp3) is 0.333. The van der Waals surface area contributed by atoms with E-state index in [9.17, 15) is 0 Å². The maximum atomic E-state index is 9.13. The number of benzene rings is 1. The highest BCUT2D eigenvalue weighted by molar-refractivity contribution is 6.37. The zero-order valence-electron chi connectivity index (χ0n) is 7.34. The van der Waals surface area contributed by atoms with Crippen molar-refractivity contribution in [1.29, 1.82) is 0 Å². The SMILES string of the molecule is CC(C)Oc1c(Cl)cc(O)cc1Cl. The van der Waals surface area contributed by atoms with Crippen LogP contribution in [0.4, 0.5) is 0 Å². The summed E-state index contributed by atoms with van der Waals surface area (Å²) in [7, 11) is 0. The molecular weight excluding hydrogens is 211 g/mol. The van der Waals surface area contributed by atoms with Crippen molar-refractivity contribution in [3.8, 4) is 11.5 Å². The van der Waals surface area contributed by atoms with Crippen molar-refractivity contribution >= 4 is 23.2 Å². The molecule has 0 saturated carbocycles. The highest BCUT2D eigenvalue weighted by Gasteiger charge is 2.10. The standard InChI is InChI=1S/C9H10Cl2O2/c1-5(2)13-9-7(10)3-6(12)4-8(9)11/h3-5,12H,1-2H3. The number of ether oxygens (including phenoxy) is 1. The topological polar surface area (TPSA) is 29.5 Å². The summed E-state index contributed by atoms with van der Waals surface area (Å²) in [6.45, 7) is 3.75. The van der Waals surface area contributed by atoms with Gasteiger partial charge in [-0.15, -0.1) is 0 Å². The predicted octanol–water partition coefficient (Wildman–Crippen LogP) is 3.49. The molecule has 13 heavy (non-hydrogen) atoms. The molecule has 1 aromatic rings. The van der Waals surface area contributed by atoms with E-state index < -0.39 is 0 Å². The lowest BCUT2D eigenvalue weighted by Gasteiger charge is -2.12. The Morgan fingerprint density at radius 1 is 1.23 bits per heavy atom. The summed E-state index contributed by atoms with van der Waals surface area (Å²) in [6.07, 6.45) is -0.000423. The molecule has 2 nitrogen and oxygen atoms in total. The number of halogens is 2. The predicted molar refractivity (Wildman–Crippen MR) is 53.9 cm³/mol. The maximum Gasteiger partial charge on any atom is 0.157 e. The van der Waals surface area contributed by atoms with Crippen LogP contribution in [0.5, 0.6) is 11.5 Å². The number of hydrogen-bond donors (Lipinski definition) is 1. The average molecular weight is 221 g/mol. The largest absolute Gasteiger partial charge is 0.508 e. The molecule has 4 heteroatoms. The van der Waals surface area contributed by atoms with Crippen molar-refractivity contribution in [3.05, 3.63) is 22.2 Å². The second-order valence-corrected chi connectivity index (χ2v) is 3.72. The summed E-state index contributed by atoms with van der Waals surface area (Å²) in [6, 6.07) is 2.79. The van der Waals surface area contributed by atoms with Crippen LogP contribution in [0.2, 0.25) is 10.0 Å². The highest BCUT2D eigenvalue weighted by Crippen LogP contribution is 2.36. The Morgan fingerprint density at radius 2 is 1.69 bits per heavy atom. The first-order valence-electron chi connectivity index (χ1n) is 3.85. The number of hydrogen-bond acceptors (Lipinski definition) is 2. The highest BCUT2D eigenvalue weighted by atomic mass is 35.5. The number of rotatable bonds is 2. The molecule has 0 aliphatic carbocycles. The Bertz CT molecular complexity index is 287. The first-order valence-corrected chi connectivity index (χ1v) is 4.61. The summed E-state index contributed by atoms with van der Waals surface area (Å²) in [4.78, 5) is 0. The van der Waals surface area contributed by atoms with E-state index in [1.54, 1.807) is 0 Å². The van der Waals surface area contributed by atoms with Crippen LogP contribution in [-0.4, -0.2) is 11.2 Å². The molecule has 0 heterocycles. The molecule has 0 aliphatic rings. The van der Waals surface area contributed by atoms with E-state index in [0.717, 1.165) is 0 Å². The average Bonchev–Trinajstić information content (AvgIpc) is 1.96. The van der Waals surface area contributed by atoms with Crippen molar-refractivity contribution < 1.29 is 9.84 Å². The van der Waals surface area contributed by atoms with Gasteiger partial charge in [-0.25, -0.2) is 0 Å². The Labute approximate surface area is 87.0 Å². The van der Waals surface area contributed by atoms with Crippen LogP contribution in [0.3, 0.4) is 0 Å². The number of aromatic hydroxyl groups is 1. The third kappa shape index (κ3) is 2.68. The second kappa shape index (κ2) is 4.07. The van der Waals surface area contributed by atoms with Gasteiger partial charge in [-0.1, -0.05) is 23.2 Å². The fourth-order valence-electron chi connectivity index (χ4n) is 0.895. The zero-order chi connectivity index (χ0) is 10.0. The van der Waals surface area contributed by atoms with Crippen molar-refractivity contribution in [2.24, 2.45) is 0 Å². The molecule has 72 valence electrons. The van der Waals surface area contributed by atoms with E-state index in [-0.39, 0.29) is 11.9 Å². The smallest absolute Gasteiger partial charge is 0.157 e. The summed E-state index contributed by atoms with van der Waals surface area (Å²) >= 11 is 11.6. The Hall–Kier alpha value is -0.600. The van der Waals surface area contributed by atoms with E-state index in [0.29, 0.717) is 15.8 Å². The van der Waals surface area contributed by atoms with Crippen LogP contribution in [0.25, 0.3) is 0 Å². The molecular formula is C9H10Cl2O2. The van der Waals surface area contributed by atoms with E-state index in [4.69, 9.17) is 33.0 Å². The third-order valence-electron chi connectivity index (χ3n) is 1.34. The van der Waals surface area contributed by atoms with Gasteiger partial charge in [-0.05, 0) is 13.8 Å². The van der Waals surface area contributed by atoms with Crippen molar-refractivity contribution in [3.63, 3.8) is 0 Å². The minimum Gasteiger partial charge on any atom is -0.508 e. The monoisotopic (exact) mass is 220 g/mol. The van der Waals surface area contributed by atoms with E-state index in [2.05, 4.69) is 0 Å². The molecule has 0 amide bonds. The molecule has 0 radical (unpaired) electrons. The first-order chi connectivity index (χ1) is 6.00. The van der Waals surface area contributed by atoms with Crippen molar-refractivity contribution in [1.82, 2.24) is 0 Å². The van der Waals surface area contributed by atoms with Crippen molar-refractivity contribution in [2.45, 2.75) is 20.0 Å². The van der Waals surface area contributed by atoms with Gasteiger partial charge in [0.1, 0.15) is 5.75 Å². The van der Waals surface area contributed by atoms with Gasteiger partial charge in [0.2, 0.25) is 0 Å². The molecule has 1 rings (SSSR count). The third-order valence-corrected chi connectivity index (χ3v) is 1.90. The van der Waals surface area contributed by atoms with Crippen LogP contribution in [0.1, 0.15) is 13.8 Å². The van der Waals surface area contributed by atoms with Gasteiger partial charge in [0, 0.05) is 12.1 Å². The van der Waals surface area contributed by atoms with Gasteiger partial charge in [0.15, 0.2) is 5.75 Å². The lowest BCUT2D eigenvalue weighted by atomic mass is 10.3. The molecule has 0 aromatic heterocycles. The Balaban J connectivity index is 3.06. The van der Waals surface area contributed by atoms with Gasteiger partial charge in [0.05, 0.1) is 16.1 Å². The number of phenolic OH excluding ortho intramolecular Hbond substituents is 1. The quantitative estimate of drug-likeness (QED) is 0.828. The van der Waals surface area contributed by atoms with Gasteiger partial charge in [-0.2, -0.15) is 0 Å².